The van der Waals surface area contributed by atoms with Crippen molar-refractivity contribution in [2.24, 2.45) is 0 Å². The molecule has 0 aromatic heterocycles. The maximum Gasteiger partial charge on any atom is 0.256 e. The van der Waals surface area contributed by atoms with Gasteiger partial charge in [-0.2, -0.15) is 0 Å². The van der Waals surface area contributed by atoms with Crippen LogP contribution in [0, 0.1) is 0 Å². The molecule has 1 unspecified atom stereocenters. The molecule has 2 amide bonds. The average Bonchev–Trinajstić information content (AvgIpc) is 3.30. The number of methoxy groups -OCH3 is 1. The molecular formula is C32H48N2O6Si2. The fourth-order valence-electron chi connectivity index (χ4n) is 5.01. The van der Waals surface area contributed by atoms with Gasteiger partial charge in [0, 0.05) is 33.7 Å². The molecule has 2 heterocycles. The van der Waals surface area contributed by atoms with E-state index in [0.717, 1.165) is 11.6 Å². The number of anilines is 1. The zero-order valence-electron chi connectivity index (χ0n) is 26.8. The van der Waals surface area contributed by atoms with E-state index in [2.05, 4.69) is 53.5 Å². The van der Waals surface area contributed by atoms with Crippen LogP contribution in [0.3, 0.4) is 0 Å². The molecule has 2 aliphatic heterocycles. The number of hydrogen-bond donors (Lipinski definition) is 0. The predicted octanol–water partition coefficient (Wildman–Crippen LogP) is 6.54. The van der Waals surface area contributed by atoms with E-state index < -0.39 is 22.4 Å². The lowest BCUT2D eigenvalue weighted by Crippen LogP contribution is -2.45. The quantitative estimate of drug-likeness (QED) is 0.212. The van der Waals surface area contributed by atoms with Crippen molar-refractivity contribution in [3.8, 4) is 11.5 Å². The highest BCUT2D eigenvalue weighted by Crippen LogP contribution is 2.42. The second-order valence-electron chi connectivity index (χ2n) is 14.1. The number of amides is 2. The van der Waals surface area contributed by atoms with Gasteiger partial charge in [-0.25, -0.2) is 0 Å². The Morgan fingerprint density at radius 2 is 1.67 bits per heavy atom. The minimum atomic E-state index is -2.10. The van der Waals surface area contributed by atoms with Gasteiger partial charge < -0.3 is 23.5 Å². The van der Waals surface area contributed by atoms with E-state index in [4.69, 9.17) is 18.6 Å². The number of carbonyl (C=O) groups is 2. The summed E-state index contributed by atoms with van der Waals surface area (Å²) in [5.41, 5.74) is 1.89. The molecule has 2 aliphatic rings. The van der Waals surface area contributed by atoms with Gasteiger partial charge in [0.25, 0.3) is 11.8 Å². The summed E-state index contributed by atoms with van der Waals surface area (Å²) in [6, 6.07) is 13.6. The molecule has 8 nitrogen and oxygen atoms in total. The van der Waals surface area contributed by atoms with Crippen molar-refractivity contribution in [2.75, 3.05) is 31.9 Å². The second kappa shape index (κ2) is 12.5. The first kappa shape index (κ1) is 32.3. The molecule has 0 saturated carbocycles. The molecule has 230 valence electrons. The van der Waals surface area contributed by atoms with Gasteiger partial charge in [0.15, 0.2) is 19.8 Å². The summed E-state index contributed by atoms with van der Waals surface area (Å²) in [7, 11) is -1.87. The molecule has 0 aliphatic carbocycles. The Labute approximate surface area is 253 Å². The number of benzene rings is 2. The lowest BCUT2D eigenvalue weighted by molar-refractivity contribution is -0.123. The lowest BCUT2D eigenvalue weighted by Gasteiger charge is -2.38. The monoisotopic (exact) mass is 612 g/mol. The maximum absolute atomic E-state index is 14.2. The number of rotatable bonds is 11. The van der Waals surface area contributed by atoms with Crippen molar-refractivity contribution in [3.05, 3.63) is 53.6 Å². The van der Waals surface area contributed by atoms with Crippen LogP contribution in [0.2, 0.25) is 43.8 Å². The number of ether oxygens (including phenoxy) is 3. The van der Waals surface area contributed by atoms with E-state index in [1.807, 2.05) is 30.3 Å². The van der Waals surface area contributed by atoms with Crippen LogP contribution in [0.15, 0.2) is 42.5 Å². The van der Waals surface area contributed by atoms with E-state index in [0.29, 0.717) is 48.9 Å². The summed E-state index contributed by atoms with van der Waals surface area (Å²) in [5, 5.41) is 0.0212. The van der Waals surface area contributed by atoms with Crippen LogP contribution >= 0.6 is 0 Å². The Bertz CT molecular complexity index is 1270. The fourth-order valence-corrected chi connectivity index (χ4v) is 7.12. The molecule has 0 N–H and O–H groups in total. The summed E-state index contributed by atoms with van der Waals surface area (Å²) in [6.45, 7) is 19.2. The minimum absolute atomic E-state index is 0.0212. The zero-order valence-corrected chi connectivity index (χ0v) is 28.8. The molecule has 2 atom stereocenters. The highest BCUT2D eigenvalue weighted by atomic mass is 28.4. The Kier molecular flexibility index (Phi) is 9.61. The molecule has 10 heteroatoms. The Hall–Kier alpha value is -2.67. The van der Waals surface area contributed by atoms with E-state index in [9.17, 15) is 9.59 Å². The normalized spacial score (nSPS) is 19.5. The summed E-state index contributed by atoms with van der Waals surface area (Å²) >= 11 is 0. The summed E-state index contributed by atoms with van der Waals surface area (Å²) in [6.07, 6.45) is 0.265. The second-order valence-corrected chi connectivity index (χ2v) is 24.5. The third-order valence-corrected chi connectivity index (χ3v) is 14.8. The number of hydrogen-bond acceptors (Lipinski definition) is 6. The van der Waals surface area contributed by atoms with Crippen LogP contribution in [0.25, 0.3) is 0 Å². The van der Waals surface area contributed by atoms with Gasteiger partial charge in [-0.15, -0.1) is 0 Å². The van der Waals surface area contributed by atoms with Crippen molar-refractivity contribution in [1.82, 2.24) is 4.90 Å². The summed E-state index contributed by atoms with van der Waals surface area (Å²) < 4.78 is 24.6. The molecule has 2 aromatic carbocycles. The van der Waals surface area contributed by atoms with Crippen molar-refractivity contribution < 1.29 is 28.2 Å². The van der Waals surface area contributed by atoms with Crippen LogP contribution in [-0.2, 0) is 20.6 Å². The topological polar surface area (TPSA) is 77.5 Å². The number of carbonyl (C=O) groups excluding carboxylic acids is 2. The standard InChI is InChI=1S/C32H48N2O6Si2/c1-32(2,3)42(8,9)40-24-17-27-31(36)34(22-38-15-16-41(5,6)7)26-19-29(39-21-23-13-11-10-12-14-23)28(37-4)18-25(26)30(35)33(27)20-24/h10-14,18-19,24,27H,15-17,20-22H2,1-9H3/t24?,27-/m0/s1. The van der Waals surface area contributed by atoms with E-state index >= 15 is 0 Å². The molecule has 2 aromatic rings. The Morgan fingerprint density at radius 3 is 2.29 bits per heavy atom. The largest absolute Gasteiger partial charge is 0.493 e. The number of nitrogens with zero attached hydrogens (tertiary/aromatic N) is 2. The summed E-state index contributed by atoms with van der Waals surface area (Å²) in [4.78, 5) is 31.6. The number of fused-ring (bicyclic) bond motifs is 2. The van der Waals surface area contributed by atoms with Crippen molar-refractivity contribution in [3.63, 3.8) is 0 Å². The van der Waals surface area contributed by atoms with Crippen LogP contribution in [-0.4, -0.2) is 72.2 Å². The fraction of sp³-hybridized carbons (Fsp3) is 0.562. The average molecular weight is 613 g/mol. The minimum Gasteiger partial charge on any atom is -0.493 e. The van der Waals surface area contributed by atoms with Gasteiger partial charge in [-0.1, -0.05) is 70.7 Å². The molecule has 0 bridgehead atoms. The predicted molar refractivity (Wildman–Crippen MR) is 172 cm³/mol. The van der Waals surface area contributed by atoms with E-state index in [1.165, 1.54) is 0 Å². The van der Waals surface area contributed by atoms with Crippen LogP contribution in [0.5, 0.6) is 11.5 Å². The molecule has 4 rings (SSSR count). The third kappa shape index (κ3) is 7.27. The molecule has 1 saturated heterocycles. The molecule has 42 heavy (non-hydrogen) atoms. The molecule has 0 radical (unpaired) electrons. The van der Waals surface area contributed by atoms with Crippen LogP contribution in [0.4, 0.5) is 5.69 Å². The van der Waals surface area contributed by atoms with Crippen molar-refractivity contribution in [1.29, 1.82) is 0 Å². The first-order valence-corrected chi connectivity index (χ1v) is 21.5. The first-order chi connectivity index (χ1) is 19.6. The highest BCUT2D eigenvalue weighted by Gasteiger charge is 2.49. The van der Waals surface area contributed by atoms with Crippen LogP contribution < -0.4 is 14.4 Å². The Balaban J connectivity index is 1.68. The van der Waals surface area contributed by atoms with Crippen molar-refractivity contribution >= 4 is 33.9 Å². The summed E-state index contributed by atoms with van der Waals surface area (Å²) in [5.74, 6) is 0.545. The van der Waals surface area contributed by atoms with Gasteiger partial charge in [-0.3, -0.25) is 14.5 Å². The van der Waals surface area contributed by atoms with Gasteiger partial charge in [0.2, 0.25) is 0 Å². The lowest BCUT2D eigenvalue weighted by atomic mass is 10.1. The van der Waals surface area contributed by atoms with E-state index in [1.54, 1.807) is 29.0 Å². The SMILES string of the molecule is COc1cc2c(cc1OCc1ccccc1)N(COCC[Si](C)(C)C)C(=O)[C@@H]1CC(O[Si](C)(C)C(C)(C)C)CN1C2=O. The van der Waals surface area contributed by atoms with Gasteiger partial charge in [0.05, 0.1) is 24.5 Å². The van der Waals surface area contributed by atoms with E-state index in [-0.39, 0.29) is 29.7 Å². The van der Waals surface area contributed by atoms with Crippen molar-refractivity contribution in [2.45, 2.75) is 89.8 Å². The smallest absolute Gasteiger partial charge is 0.256 e. The van der Waals surface area contributed by atoms with Gasteiger partial charge in [-0.05, 0) is 35.8 Å². The van der Waals surface area contributed by atoms with Crippen LogP contribution in [0.1, 0.15) is 43.1 Å². The third-order valence-electron chi connectivity index (χ3n) is 8.60. The molecular weight excluding hydrogens is 565 g/mol. The van der Waals surface area contributed by atoms with Gasteiger partial charge >= 0.3 is 0 Å². The molecule has 1 fully saturated rings. The Morgan fingerprint density at radius 1 is 0.976 bits per heavy atom. The highest BCUT2D eigenvalue weighted by molar-refractivity contribution is 6.76. The zero-order chi connectivity index (χ0) is 30.9. The van der Waals surface area contributed by atoms with Gasteiger partial charge in [0.1, 0.15) is 19.4 Å². The molecule has 0 spiro atoms. The first-order valence-electron chi connectivity index (χ1n) is 14.9. The maximum atomic E-state index is 14.2.